The average Bonchev–Trinajstić information content (AvgIpc) is 3.05. The van der Waals surface area contributed by atoms with E-state index in [4.69, 9.17) is 0 Å². The summed E-state index contributed by atoms with van der Waals surface area (Å²) < 4.78 is 0. The first kappa shape index (κ1) is 15.7. The number of carbonyl (C=O) groups is 2. The number of hydrogen-bond acceptors (Lipinski definition) is 5. The molecule has 1 saturated heterocycles. The zero-order chi connectivity index (χ0) is 16.8. The third-order valence-corrected chi connectivity index (χ3v) is 3.56. The average molecular weight is 326 g/mol. The molecule has 3 amide bonds. The lowest BCUT2D eigenvalue weighted by atomic mass is 10.1. The maximum atomic E-state index is 12.2. The highest BCUT2D eigenvalue weighted by Gasteiger charge is 2.21. The van der Waals surface area contributed by atoms with E-state index in [1.807, 2.05) is 6.07 Å². The fourth-order valence-corrected chi connectivity index (χ4v) is 2.39. The van der Waals surface area contributed by atoms with Crippen LogP contribution in [0.5, 0.6) is 0 Å². The first-order valence-corrected chi connectivity index (χ1v) is 7.67. The van der Waals surface area contributed by atoms with Crippen LogP contribution in [0.4, 0.5) is 16.3 Å². The van der Waals surface area contributed by atoms with Gasteiger partial charge >= 0.3 is 6.03 Å². The highest BCUT2D eigenvalue weighted by Crippen LogP contribution is 2.18. The van der Waals surface area contributed by atoms with Gasteiger partial charge in [0.1, 0.15) is 5.82 Å². The van der Waals surface area contributed by atoms with E-state index in [2.05, 4.69) is 25.9 Å². The summed E-state index contributed by atoms with van der Waals surface area (Å²) >= 11 is 0. The van der Waals surface area contributed by atoms with Gasteiger partial charge in [-0.25, -0.2) is 9.78 Å². The Balaban J connectivity index is 1.52. The molecule has 24 heavy (non-hydrogen) atoms. The van der Waals surface area contributed by atoms with Crippen molar-refractivity contribution in [2.24, 2.45) is 0 Å². The molecule has 3 N–H and O–H groups in total. The molecule has 1 aromatic heterocycles. The number of hydrogen-bond donors (Lipinski definition) is 3. The van der Waals surface area contributed by atoms with Gasteiger partial charge in [0.25, 0.3) is 5.91 Å². The summed E-state index contributed by atoms with van der Waals surface area (Å²) in [5, 5.41) is 8.63. The summed E-state index contributed by atoms with van der Waals surface area (Å²) in [4.78, 5) is 33.6. The fraction of sp³-hybridized carbons (Fsp3) is 0.250. The SMILES string of the molecule is O=C(NCCNc1cnccn1)c1cccc(N2CCNC2=O)c1. The van der Waals surface area contributed by atoms with Gasteiger partial charge in [0.15, 0.2) is 0 Å². The molecule has 1 aliphatic rings. The van der Waals surface area contributed by atoms with Crippen LogP contribution in [0.3, 0.4) is 0 Å². The first-order chi connectivity index (χ1) is 11.7. The van der Waals surface area contributed by atoms with Gasteiger partial charge in [0.2, 0.25) is 0 Å². The van der Waals surface area contributed by atoms with E-state index in [9.17, 15) is 9.59 Å². The molecule has 0 unspecified atom stereocenters. The van der Waals surface area contributed by atoms with Gasteiger partial charge in [-0.15, -0.1) is 0 Å². The highest BCUT2D eigenvalue weighted by molar-refractivity contribution is 5.98. The molecule has 1 fully saturated rings. The topological polar surface area (TPSA) is 99.2 Å². The summed E-state index contributed by atoms with van der Waals surface area (Å²) in [5.74, 6) is 0.478. The third kappa shape index (κ3) is 3.78. The second-order valence-corrected chi connectivity index (χ2v) is 5.21. The van der Waals surface area contributed by atoms with Gasteiger partial charge in [-0.1, -0.05) is 6.07 Å². The molecule has 0 spiro atoms. The number of anilines is 2. The number of nitrogens with one attached hydrogen (secondary N) is 3. The Kier molecular flexibility index (Phi) is 4.85. The minimum Gasteiger partial charge on any atom is -0.367 e. The number of urea groups is 1. The van der Waals surface area contributed by atoms with Crippen molar-refractivity contribution in [3.8, 4) is 0 Å². The second kappa shape index (κ2) is 7.40. The van der Waals surface area contributed by atoms with E-state index in [-0.39, 0.29) is 11.9 Å². The van der Waals surface area contributed by atoms with Crippen molar-refractivity contribution < 1.29 is 9.59 Å². The molecule has 8 heteroatoms. The van der Waals surface area contributed by atoms with E-state index >= 15 is 0 Å². The lowest BCUT2D eigenvalue weighted by Gasteiger charge is -2.15. The minimum atomic E-state index is -0.183. The molecule has 0 atom stereocenters. The molecule has 0 aliphatic carbocycles. The number of nitrogens with zero attached hydrogens (tertiary/aromatic N) is 3. The van der Waals surface area contributed by atoms with Crippen LogP contribution in [0.15, 0.2) is 42.9 Å². The van der Waals surface area contributed by atoms with Crippen LogP contribution in [-0.4, -0.2) is 48.1 Å². The van der Waals surface area contributed by atoms with Gasteiger partial charge in [-0.3, -0.25) is 14.7 Å². The van der Waals surface area contributed by atoms with E-state index in [1.165, 1.54) is 0 Å². The molecular formula is C16H18N6O2. The zero-order valence-electron chi connectivity index (χ0n) is 13.0. The maximum Gasteiger partial charge on any atom is 0.321 e. The molecule has 124 valence electrons. The van der Waals surface area contributed by atoms with Crippen molar-refractivity contribution in [3.63, 3.8) is 0 Å². The smallest absolute Gasteiger partial charge is 0.321 e. The van der Waals surface area contributed by atoms with Crippen LogP contribution in [0.1, 0.15) is 10.4 Å². The van der Waals surface area contributed by atoms with Crippen molar-refractivity contribution in [1.29, 1.82) is 0 Å². The molecule has 2 heterocycles. The normalized spacial score (nSPS) is 13.5. The van der Waals surface area contributed by atoms with Gasteiger partial charge in [0.05, 0.1) is 6.20 Å². The minimum absolute atomic E-state index is 0.138. The number of rotatable bonds is 6. The van der Waals surface area contributed by atoms with Crippen LogP contribution >= 0.6 is 0 Å². The van der Waals surface area contributed by atoms with Crippen molar-refractivity contribution in [2.75, 3.05) is 36.4 Å². The van der Waals surface area contributed by atoms with Gasteiger partial charge in [-0.05, 0) is 18.2 Å². The Morgan fingerprint density at radius 1 is 1.29 bits per heavy atom. The lowest BCUT2D eigenvalue weighted by Crippen LogP contribution is -2.30. The Morgan fingerprint density at radius 2 is 2.21 bits per heavy atom. The van der Waals surface area contributed by atoms with Crippen LogP contribution in [0, 0.1) is 0 Å². The molecule has 1 aromatic carbocycles. The summed E-state index contributed by atoms with van der Waals surface area (Å²) in [7, 11) is 0. The van der Waals surface area contributed by atoms with Gasteiger partial charge in [0, 0.05) is 49.8 Å². The molecule has 2 aromatic rings. The third-order valence-electron chi connectivity index (χ3n) is 3.56. The lowest BCUT2D eigenvalue weighted by molar-refractivity contribution is 0.0955. The monoisotopic (exact) mass is 326 g/mol. The maximum absolute atomic E-state index is 12.2. The molecule has 8 nitrogen and oxygen atoms in total. The molecule has 0 radical (unpaired) electrons. The van der Waals surface area contributed by atoms with Gasteiger partial charge < -0.3 is 16.0 Å². The number of benzene rings is 1. The molecular weight excluding hydrogens is 308 g/mol. The van der Waals surface area contributed by atoms with Crippen molar-refractivity contribution >= 4 is 23.4 Å². The van der Waals surface area contributed by atoms with Crippen molar-refractivity contribution in [3.05, 3.63) is 48.4 Å². The van der Waals surface area contributed by atoms with Crippen LogP contribution in [0.2, 0.25) is 0 Å². The van der Waals surface area contributed by atoms with E-state index in [1.54, 1.807) is 41.7 Å². The molecule has 0 bridgehead atoms. The molecule has 0 saturated carbocycles. The quantitative estimate of drug-likeness (QED) is 0.684. The Morgan fingerprint density at radius 3 is 2.96 bits per heavy atom. The Hall–Kier alpha value is -3.16. The summed E-state index contributed by atoms with van der Waals surface area (Å²) in [6, 6.07) is 6.89. The van der Waals surface area contributed by atoms with E-state index in [0.717, 1.165) is 5.69 Å². The number of carbonyl (C=O) groups excluding carboxylic acids is 2. The standard InChI is InChI=1S/C16H18N6O2/c23-15(20-7-6-19-14-11-17-4-5-18-14)12-2-1-3-13(10-12)22-9-8-21-16(22)24/h1-5,10-11H,6-9H2,(H,18,19)(H,20,23)(H,21,24). The summed E-state index contributed by atoms with van der Waals surface area (Å²) in [6.45, 7) is 2.21. The number of aromatic nitrogens is 2. The molecule has 3 rings (SSSR count). The van der Waals surface area contributed by atoms with Crippen molar-refractivity contribution in [2.45, 2.75) is 0 Å². The second-order valence-electron chi connectivity index (χ2n) is 5.21. The highest BCUT2D eigenvalue weighted by atomic mass is 16.2. The Bertz CT molecular complexity index is 722. The van der Waals surface area contributed by atoms with Gasteiger partial charge in [-0.2, -0.15) is 0 Å². The fourth-order valence-electron chi connectivity index (χ4n) is 2.39. The van der Waals surface area contributed by atoms with E-state index < -0.39 is 0 Å². The Labute approximate surface area is 139 Å². The van der Waals surface area contributed by atoms with E-state index in [0.29, 0.717) is 37.6 Å². The van der Waals surface area contributed by atoms with Crippen molar-refractivity contribution in [1.82, 2.24) is 20.6 Å². The van der Waals surface area contributed by atoms with Crippen LogP contribution in [0.25, 0.3) is 0 Å². The zero-order valence-corrected chi connectivity index (χ0v) is 13.0. The van der Waals surface area contributed by atoms with Crippen LogP contribution < -0.4 is 20.9 Å². The predicted molar refractivity (Wildman–Crippen MR) is 90.0 cm³/mol. The first-order valence-electron chi connectivity index (χ1n) is 7.67. The molecule has 1 aliphatic heterocycles. The predicted octanol–water partition coefficient (Wildman–Crippen LogP) is 0.848. The number of amides is 3. The van der Waals surface area contributed by atoms with Crippen LogP contribution in [-0.2, 0) is 0 Å². The largest absolute Gasteiger partial charge is 0.367 e. The summed E-state index contributed by atoms with van der Waals surface area (Å²) in [6.07, 6.45) is 4.81. The summed E-state index contributed by atoms with van der Waals surface area (Å²) in [5.41, 5.74) is 1.24.